The van der Waals surface area contributed by atoms with Crippen molar-refractivity contribution in [2.24, 2.45) is 0 Å². The minimum Gasteiger partial charge on any atom is -0.302 e. The lowest BCUT2D eigenvalue weighted by Gasteiger charge is -2.15. The Morgan fingerprint density at radius 2 is 1.18 bits per heavy atom. The standard InChI is InChI=1S/C15H16.C5H13NO/c1-2-15(13-9-5-3-6-10-13)14-11-7-4-8-12-14;1-4-6(5-2)7-3/h3-12,15H,2H2,1H3;4-5H2,1-3H3. The molecule has 2 aromatic carbocycles. The maximum absolute atomic E-state index is 4.88. The van der Waals surface area contributed by atoms with Gasteiger partial charge in [-0.1, -0.05) is 81.4 Å². The highest BCUT2D eigenvalue weighted by Gasteiger charge is 2.10. The molecule has 0 saturated heterocycles. The summed E-state index contributed by atoms with van der Waals surface area (Å²) in [4.78, 5) is 4.88. The average Bonchev–Trinajstić information content (AvgIpc) is 2.60. The van der Waals surface area contributed by atoms with Crippen molar-refractivity contribution in [3.8, 4) is 0 Å². The molecule has 0 fully saturated rings. The molecule has 0 atom stereocenters. The molecule has 0 amide bonds. The minimum atomic E-state index is 0.535. The number of hydroxylamine groups is 2. The Bertz CT molecular complexity index is 435. The Hall–Kier alpha value is -1.64. The van der Waals surface area contributed by atoms with Crippen LogP contribution in [0.25, 0.3) is 0 Å². The average molecular weight is 299 g/mol. The highest BCUT2D eigenvalue weighted by molar-refractivity contribution is 5.31. The Balaban J connectivity index is 0.000000295. The van der Waals surface area contributed by atoms with Gasteiger partial charge in [0.1, 0.15) is 0 Å². The van der Waals surface area contributed by atoms with Gasteiger partial charge in [0.15, 0.2) is 0 Å². The summed E-state index contributed by atoms with van der Waals surface area (Å²) in [5.41, 5.74) is 2.82. The van der Waals surface area contributed by atoms with E-state index in [1.54, 1.807) is 7.11 Å². The molecule has 0 N–H and O–H groups in total. The summed E-state index contributed by atoms with van der Waals surface area (Å²) in [6.07, 6.45) is 1.15. The van der Waals surface area contributed by atoms with E-state index in [0.717, 1.165) is 19.5 Å². The van der Waals surface area contributed by atoms with Crippen molar-refractivity contribution in [1.29, 1.82) is 0 Å². The van der Waals surface area contributed by atoms with Crippen molar-refractivity contribution in [3.05, 3.63) is 71.8 Å². The molecule has 2 aromatic rings. The van der Waals surface area contributed by atoms with Gasteiger partial charge in [0.25, 0.3) is 0 Å². The third-order valence-electron chi connectivity index (χ3n) is 3.78. The van der Waals surface area contributed by atoms with E-state index in [1.165, 1.54) is 11.1 Å². The first-order chi connectivity index (χ1) is 10.8. The minimum absolute atomic E-state index is 0.535. The molecule has 22 heavy (non-hydrogen) atoms. The van der Waals surface area contributed by atoms with Crippen LogP contribution in [0.1, 0.15) is 44.2 Å². The van der Waals surface area contributed by atoms with Gasteiger partial charge in [-0.25, -0.2) is 0 Å². The third kappa shape index (κ3) is 6.00. The summed E-state index contributed by atoms with van der Waals surface area (Å²) in [6, 6.07) is 21.4. The number of hydrogen-bond donors (Lipinski definition) is 0. The summed E-state index contributed by atoms with van der Waals surface area (Å²) < 4.78 is 0. The van der Waals surface area contributed by atoms with Crippen molar-refractivity contribution < 1.29 is 4.84 Å². The van der Waals surface area contributed by atoms with Crippen LogP contribution in [0.15, 0.2) is 60.7 Å². The fourth-order valence-electron chi connectivity index (χ4n) is 2.52. The van der Waals surface area contributed by atoms with Gasteiger partial charge in [-0.3, -0.25) is 0 Å². The van der Waals surface area contributed by atoms with E-state index >= 15 is 0 Å². The molecule has 120 valence electrons. The zero-order valence-corrected chi connectivity index (χ0v) is 14.3. The summed E-state index contributed by atoms with van der Waals surface area (Å²) in [7, 11) is 1.69. The van der Waals surface area contributed by atoms with Crippen LogP contribution in [0.3, 0.4) is 0 Å². The second kappa shape index (κ2) is 11.0. The van der Waals surface area contributed by atoms with Crippen LogP contribution in [0.4, 0.5) is 0 Å². The topological polar surface area (TPSA) is 12.5 Å². The first kappa shape index (κ1) is 18.4. The van der Waals surface area contributed by atoms with Gasteiger partial charge >= 0.3 is 0 Å². The molecular formula is C20H29NO. The summed E-state index contributed by atoms with van der Waals surface area (Å²) in [5, 5.41) is 1.88. The van der Waals surface area contributed by atoms with Crippen LogP contribution >= 0.6 is 0 Å². The van der Waals surface area contributed by atoms with Crippen molar-refractivity contribution >= 4 is 0 Å². The molecule has 0 unspecified atom stereocenters. The summed E-state index contributed by atoms with van der Waals surface area (Å²) in [6.45, 7) is 8.30. The molecule has 0 bridgehead atoms. The van der Waals surface area contributed by atoms with Crippen molar-refractivity contribution in [3.63, 3.8) is 0 Å². The van der Waals surface area contributed by atoms with E-state index in [9.17, 15) is 0 Å². The molecule has 0 aliphatic heterocycles. The molecular weight excluding hydrogens is 270 g/mol. The predicted molar refractivity (Wildman–Crippen MR) is 94.9 cm³/mol. The molecule has 0 aromatic heterocycles. The molecule has 0 aliphatic carbocycles. The Kier molecular flexibility index (Phi) is 9.20. The molecule has 0 saturated carbocycles. The summed E-state index contributed by atoms with van der Waals surface area (Å²) in [5.74, 6) is 0.535. The maximum Gasteiger partial charge on any atom is 0.0575 e. The monoisotopic (exact) mass is 299 g/mol. The first-order valence-corrected chi connectivity index (χ1v) is 8.15. The SMILES string of the molecule is CCC(c1ccccc1)c1ccccc1.CCN(CC)OC. The Morgan fingerprint density at radius 3 is 1.41 bits per heavy atom. The molecule has 0 radical (unpaired) electrons. The number of hydrogen-bond acceptors (Lipinski definition) is 2. The van der Waals surface area contributed by atoms with E-state index in [4.69, 9.17) is 4.84 Å². The second-order valence-electron chi connectivity index (χ2n) is 5.08. The first-order valence-electron chi connectivity index (χ1n) is 8.15. The number of benzene rings is 2. The Morgan fingerprint density at radius 1 is 0.773 bits per heavy atom. The highest BCUT2D eigenvalue weighted by Crippen LogP contribution is 2.26. The quantitative estimate of drug-likeness (QED) is 0.687. The molecule has 2 nitrogen and oxygen atoms in total. The fourth-order valence-corrected chi connectivity index (χ4v) is 2.52. The van der Waals surface area contributed by atoms with Crippen LogP contribution < -0.4 is 0 Å². The smallest absolute Gasteiger partial charge is 0.0575 e. The third-order valence-corrected chi connectivity index (χ3v) is 3.78. The lowest BCUT2D eigenvalue weighted by atomic mass is 9.89. The van der Waals surface area contributed by atoms with Crippen LogP contribution in [-0.4, -0.2) is 25.3 Å². The van der Waals surface area contributed by atoms with Gasteiger partial charge in [-0.05, 0) is 17.5 Å². The number of rotatable bonds is 6. The van der Waals surface area contributed by atoms with Gasteiger partial charge < -0.3 is 4.84 Å². The van der Waals surface area contributed by atoms with Crippen molar-refractivity contribution in [2.75, 3.05) is 20.2 Å². The highest BCUT2D eigenvalue weighted by atomic mass is 16.7. The molecule has 0 aliphatic rings. The van der Waals surface area contributed by atoms with E-state index in [-0.39, 0.29) is 0 Å². The second-order valence-corrected chi connectivity index (χ2v) is 5.08. The van der Waals surface area contributed by atoms with E-state index in [0.29, 0.717) is 5.92 Å². The van der Waals surface area contributed by atoms with E-state index < -0.39 is 0 Å². The fraction of sp³-hybridized carbons (Fsp3) is 0.400. The summed E-state index contributed by atoms with van der Waals surface area (Å²) >= 11 is 0. The van der Waals surface area contributed by atoms with Crippen molar-refractivity contribution in [1.82, 2.24) is 5.06 Å². The van der Waals surface area contributed by atoms with Crippen LogP contribution in [0.5, 0.6) is 0 Å². The van der Waals surface area contributed by atoms with E-state index in [2.05, 4.69) is 81.4 Å². The maximum atomic E-state index is 4.88. The predicted octanol–water partition coefficient (Wildman–Crippen LogP) is 5.12. The normalized spacial score (nSPS) is 10.5. The van der Waals surface area contributed by atoms with Crippen molar-refractivity contribution in [2.45, 2.75) is 33.1 Å². The van der Waals surface area contributed by atoms with Gasteiger partial charge in [-0.15, -0.1) is 0 Å². The van der Waals surface area contributed by atoms with Gasteiger partial charge in [0, 0.05) is 19.0 Å². The number of nitrogens with zero attached hydrogens (tertiary/aromatic N) is 1. The Labute approximate surface area is 135 Å². The molecule has 2 rings (SSSR count). The zero-order chi connectivity index (χ0) is 16.2. The van der Waals surface area contributed by atoms with Crippen LogP contribution in [0.2, 0.25) is 0 Å². The molecule has 0 heterocycles. The van der Waals surface area contributed by atoms with Crippen LogP contribution in [-0.2, 0) is 4.84 Å². The van der Waals surface area contributed by atoms with Gasteiger partial charge in [-0.2, -0.15) is 5.06 Å². The van der Waals surface area contributed by atoms with Gasteiger partial charge in [0.2, 0.25) is 0 Å². The lowest BCUT2D eigenvalue weighted by Crippen LogP contribution is -2.20. The molecule has 2 heteroatoms. The molecule has 0 spiro atoms. The largest absolute Gasteiger partial charge is 0.302 e. The van der Waals surface area contributed by atoms with E-state index in [1.807, 2.05) is 5.06 Å². The lowest BCUT2D eigenvalue weighted by molar-refractivity contribution is -0.123. The van der Waals surface area contributed by atoms with Gasteiger partial charge in [0.05, 0.1) is 7.11 Å². The zero-order valence-electron chi connectivity index (χ0n) is 14.3. The van der Waals surface area contributed by atoms with Crippen LogP contribution in [0, 0.1) is 0 Å².